The minimum Gasteiger partial charge on any atom is -0.479 e. The van der Waals surface area contributed by atoms with Crippen LogP contribution in [0.2, 0.25) is 0 Å². The average Bonchev–Trinajstić information content (AvgIpc) is 2.54. The first kappa shape index (κ1) is 9.08. The smallest absolute Gasteiger partial charge is 0.342 e. The Hall–Kier alpha value is -1.01. The maximum atomic E-state index is 10.8. The quantitative estimate of drug-likeness (QED) is 0.747. The molecule has 0 aliphatic carbocycles. The Labute approximate surface area is 73.2 Å². The molecule has 1 atom stereocenters. The zero-order chi connectivity index (χ0) is 9.19. The first-order chi connectivity index (χ1) is 5.61. The molecule has 6 heteroatoms. The number of nitrogens with zero attached hydrogens (tertiary/aromatic N) is 2. The van der Waals surface area contributed by atoms with Crippen LogP contribution >= 0.6 is 11.5 Å². The number of hydrogen-bond donors (Lipinski definition) is 1. The molecule has 5 nitrogen and oxygen atoms in total. The van der Waals surface area contributed by atoms with Crippen LogP contribution in [0.1, 0.15) is 11.9 Å². The first-order valence-electron chi connectivity index (χ1n) is 3.17. The van der Waals surface area contributed by atoms with E-state index >= 15 is 0 Å². The molecular formula is C6H8N2O3S. The average molecular weight is 188 g/mol. The lowest BCUT2D eigenvalue weighted by Gasteiger charge is -2.18. The number of hydrogen-bond acceptors (Lipinski definition) is 5. The second kappa shape index (κ2) is 3.16. The Morgan fingerprint density at radius 2 is 2.50 bits per heavy atom. The number of carboxylic acid groups (broad SMARTS) is 1. The van der Waals surface area contributed by atoms with Crippen molar-refractivity contribution in [2.24, 2.45) is 0 Å². The van der Waals surface area contributed by atoms with Crippen LogP contribution < -0.4 is 0 Å². The molecule has 1 rings (SSSR count). The number of carbonyl (C=O) groups is 1. The van der Waals surface area contributed by atoms with Gasteiger partial charge in [-0.2, -0.15) is 4.37 Å². The zero-order valence-corrected chi connectivity index (χ0v) is 7.46. The lowest BCUT2D eigenvalue weighted by atomic mass is 10.1. The molecule has 0 amide bonds. The summed E-state index contributed by atoms with van der Waals surface area (Å²) in [6, 6.07) is 0. The van der Waals surface area contributed by atoms with Gasteiger partial charge in [0.05, 0.1) is 0 Å². The van der Waals surface area contributed by atoms with Crippen LogP contribution in [0.15, 0.2) is 6.33 Å². The highest BCUT2D eigenvalue weighted by molar-refractivity contribution is 7.05. The molecule has 0 aromatic carbocycles. The van der Waals surface area contributed by atoms with Crippen LogP contribution in [0.5, 0.6) is 0 Å². The highest BCUT2D eigenvalue weighted by Gasteiger charge is 2.38. The fraction of sp³-hybridized carbons (Fsp3) is 0.500. The van der Waals surface area contributed by atoms with E-state index in [4.69, 9.17) is 9.84 Å². The van der Waals surface area contributed by atoms with Crippen molar-refractivity contribution in [1.82, 2.24) is 9.36 Å². The Morgan fingerprint density at radius 1 is 1.83 bits per heavy atom. The predicted molar refractivity (Wildman–Crippen MR) is 41.9 cm³/mol. The molecule has 0 saturated carbocycles. The number of ether oxygens (including phenoxy) is 1. The van der Waals surface area contributed by atoms with Crippen LogP contribution in [-0.4, -0.2) is 27.5 Å². The van der Waals surface area contributed by atoms with Crippen LogP contribution in [0, 0.1) is 0 Å². The van der Waals surface area contributed by atoms with E-state index in [1.807, 2.05) is 0 Å². The Bertz CT molecular complexity index is 274. The highest BCUT2D eigenvalue weighted by atomic mass is 32.1. The molecule has 12 heavy (non-hydrogen) atoms. The minimum absolute atomic E-state index is 0.345. The van der Waals surface area contributed by atoms with E-state index in [2.05, 4.69) is 9.36 Å². The predicted octanol–water partition coefficient (Wildman–Crippen LogP) is 0.484. The van der Waals surface area contributed by atoms with E-state index < -0.39 is 11.6 Å². The van der Waals surface area contributed by atoms with Gasteiger partial charge in [-0.05, 0) is 18.5 Å². The van der Waals surface area contributed by atoms with Crippen LogP contribution in [-0.2, 0) is 15.1 Å². The lowest BCUT2D eigenvalue weighted by molar-refractivity contribution is -0.161. The second-order valence-electron chi connectivity index (χ2n) is 2.29. The summed E-state index contributed by atoms with van der Waals surface area (Å²) >= 11 is 1.02. The fourth-order valence-corrected chi connectivity index (χ4v) is 1.28. The maximum absolute atomic E-state index is 10.8. The summed E-state index contributed by atoms with van der Waals surface area (Å²) in [5.74, 6) is -1.07. The van der Waals surface area contributed by atoms with Crippen LogP contribution in [0.25, 0.3) is 0 Å². The number of carboxylic acids is 1. The van der Waals surface area contributed by atoms with E-state index in [0.717, 1.165) is 11.5 Å². The van der Waals surface area contributed by atoms with Crippen molar-refractivity contribution >= 4 is 17.5 Å². The highest BCUT2D eigenvalue weighted by Crippen LogP contribution is 2.24. The van der Waals surface area contributed by atoms with Crippen molar-refractivity contribution in [1.29, 1.82) is 0 Å². The summed E-state index contributed by atoms with van der Waals surface area (Å²) in [4.78, 5) is 14.5. The standard InChI is InChI=1S/C6H8N2O3S/c1-6(11-2,5(9)10)4-7-3-8-12-4/h3H,1-2H3,(H,9,10). The van der Waals surface area contributed by atoms with E-state index in [-0.39, 0.29) is 0 Å². The molecule has 1 heterocycles. The summed E-state index contributed by atoms with van der Waals surface area (Å²) in [5, 5.41) is 9.16. The third kappa shape index (κ3) is 1.30. The van der Waals surface area contributed by atoms with Crippen molar-refractivity contribution in [3.8, 4) is 0 Å². The SMILES string of the molecule is COC(C)(C(=O)O)c1ncns1. The van der Waals surface area contributed by atoms with Crippen molar-refractivity contribution in [3.63, 3.8) is 0 Å². The summed E-state index contributed by atoms with van der Waals surface area (Å²) < 4.78 is 8.56. The van der Waals surface area contributed by atoms with Crippen molar-refractivity contribution in [2.45, 2.75) is 12.5 Å². The van der Waals surface area contributed by atoms with Gasteiger partial charge in [0, 0.05) is 7.11 Å². The summed E-state index contributed by atoms with van der Waals surface area (Å²) in [6.07, 6.45) is 1.31. The molecule has 0 bridgehead atoms. The van der Waals surface area contributed by atoms with E-state index in [1.54, 1.807) is 0 Å². The van der Waals surface area contributed by atoms with Crippen LogP contribution in [0.3, 0.4) is 0 Å². The molecule has 1 N–H and O–H groups in total. The molecule has 0 saturated heterocycles. The van der Waals surface area contributed by atoms with Gasteiger partial charge in [0.25, 0.3) is 0 Å². The summed E-state index contributed by atoms with van der Waals surface area (Å²) in [7, 11) is 1.33. The molecule has 0 aliphatic heterocycles. The van der Waals surface area contributed by atoms with Gasteiger partial charge < -0.3 is 9.84 Å². The lowest BCUT2D eigenvalue weighted by Crippen LogP contribution is -2.34. The summed E-state index contributed by atoms with van der Waals surface area (Å²) in [6.45, 7) is 1.44. The molecular weight excluding hydrogens is 180 g/mol. The van der Waals surface area contributed by atoms with Gasteiger partial charge in [0.2, 0.25) is 5.60 Å². The molecule has 0 radical (unpaired) electrons. The first-order valence-corrected chi connectivity index (χ1v) is 3.94. The monoisotopic (exact) mass is 188 g/mol. The Morgan fingerprint density at radius 3 is 2.83 bits per heavy atom. The third-order valence-electron chi connectivity index (χ3n) is 1.59. The van der Waals surface area contributed by atoms with E-state index in [9.17, 15) is 4.79 Å². The molecule has 1 unspecified atom stereocenters. The fourth-order valence-electron chi connectivity index (χ4n) is 0.649. The van der Waals surface area contributed by atoms with Crippen LogP contribution in [0.4, 0.5) is 0 Å². The van der Waals surface area contributed by atoms with Gasteiger partial charge >= 0.3 is 5.97 Å². The molecule has 66 valence electrons. The van der Waals surface area contributed by atoms with Crippen molar-refractivity contribution in [3.05, 3.63) is 11.3 Å². The Balaban J connectivity index is 3.04. The normalized spacial score (nSPS) is 15.5. The molecule has 0 fully saturated rings. The zero-order valence-electron chi connectivity index (χ0n) is 6.64. The van der Waals surface area contributed by atoms with E-state index in [1.165, 1.54) is 20.4 Å². The molecule has 0 spiro atoms. The maximum Gasteiger partial charge on any atom is 0.342 e. The number of rotatable bonds is 3. The van der Waals surface area contributed by atoms with Gasteiger partial charge in [-0.15, -0.1) is 0 Å². The van der Waals surface area contributed by atoms with Crippen molar-refractivity contribution < 1.29 is 14.6 Å². The summed E-state index contributed by atoms with van der Waals surface area (Å²) in [5.41, 5.74) is -1.37. The van der Waals surface area contributed by atoms with Gasteiger partial charge in [0.15, 0.2) is 5.01 Å². The van der Waals surface area contributed by atoms with Crippen molar-refractivity contribution in [2.75, 3.05) is 7.11 Å². The Kier molecular flexibility index (Phi) is 2.39. The van der Waals surface area contributed by atoms with Gasteiger partial charge in [-0.25, -0.2) is 9.78 Å². The molecule has 1 aromatic rings. The largest absolute Gasteiger partial charge is 0.479 e. The van der Waals surface area contributed by atoms with Gasteiger partial charge in [-0.1, -0.05) is 0 Å². The number of aromatic nitrogens is 2. The second-order valence-corrected chi connectivity index (χ2v) is 3.07. The topological polar surface area (TPSA) is 72.3 Å². The minimum atomic E-state index is -1.37. The van der Waals surface area contributed by atoms with Gasteiger partial charge in [0.1, 0.15) is 6.33 Å². The van der Waals surface area contributed by atoms with E-state index in [0.29, 0.717) is 5.01 Å². The number of methoxy groups -OCH3 is 1. The molecule has 0 aliphatic rings. The third-order valence-corrected chi connectivity index (χ3v) is 2.45. The van der Waals surface area contributed by atoms with Gasteiger partial charge in [-0.3, -0.25) is 0 Å². The molecule has 1 aromatic heterocycles. The number of aliphatic carboxylic acids is 1.